The highest BCUT2D eigenvalue weighted by atomic mass is 35.5. The molecule has 0 fully saturated rings. The molecule has 0 aromatic heterocycles. The zero-order valence-corrected chi connectivity index (χ0v) is 16.5. The highest BCUT2D eigenvalue weighted by molar-refractivity contribution is 7.89. The summed E-state index contributed by atoms with van der Waals surface area (Å²) in [5.41, 5.74) is 0.401. The van der Waals surface area contributed by atoms with Crippen molar-refractivity contribution in [1.82, 2.24) is 4.31 Å². The van der Waals surface area contributed by atoms with Gasteiger partial charge in [0.05, 0.1) is 22.0 Å². The maximum absolute atomic E-state index is 12.8. The Morgan fingerprint density at radius 2 is 1.88 bits per heavy atom. The number of nitrogens with zero attached hydrogens (tertiary/aromatic N) is 2. The van der Waals surface area contributed by atoms with Crippen LogP contribution in [0.4, 0.5) is 5.69 Å². The smallest absolute Gasteiger partial charge is 0.275 e. The number of halogens is 2. The number of methoxy groups -OCH3 is 1. The third kappa shape index (κ3) is 4.09. The van der Waals surface area contributed by atoms with Gasteiger partial charge in [-0.15, -0.1) is 0 Å². The molecule has 2 aromatic rings. The maximum Gasteiger partial charge on any atom is 0.275 e. The fourth-order valence-corrected chi connectivity index (χ4v) is 4.02. The molecule has 0 aliphatic heterocycles. The van der Waals surface area contributed by atoms with Crippen LogP contribution < -0.4 is 4.74 Å². The lowest BCUT2D eigenvalue weighted by Crippen LogP contribution is -2.27. The molecule has 0 saturated carbocycles. The Bertz CT molecular complexity index is 963. The fourth-order valence-electron chi connectivity index (χ4n) is 2.35. The van der Waals surface area contributed by atoms with Crippen LogP contribution in [0.3, 0.4) is 0 Å². The molecule has 0 unspecified atom stereocenters. The molecule has 10 heteroatoms. The van der Waals surface area contributed by atoms with E-state index in [1.165, 1.54) is 27.1 Å². The van der Waals surface area contributed by atoms with E-state index < -0.39 is 14.9 Å². The Kier molecular flexibility index (Phi) is 6.13. The number of hydrogen-bond donors (Lipinski definition) is 0. The Labute approximate surface area is 161 Å². The van der Waals surface area contributed by atoms with Crippen molar-refractivity contribution >= 4 is 38.9 Å². The van der Waals surface area contributed by atoms with E-state index in [2.05, 4.69) is 0 Å². The van der Waals surface area contributed by atoms with Crippen LogP contribution in [0.25, 0.3) is 0 Å². The average Bonchev–Trinajstić information content (AvgIpc) is 2.56. The lowest BCUT2D eigenvalue weighted by Gasteiger charge is -2.19. The van der Waals surface area contributed by atoms with Gasteiger partial charge in [0.15, 0.2) is 0 Å². The summed E-state index contributed by atoms with van der Waals surface area (Å²) in [6.07, 6.45) is 0. The highest BCUT2D eigenvalue weighted by Gasteiger charge is 2.26. The molecule has 2 rings (SSSR count). The minimum Gasteiger partial charge on any atom is -0.496 e. The zero-order valence-electron chi connectivity index (χ0n) is 14.2. The molecular weight excluding hydrogens is 403 g/mol. The summed E-state index contributed by atoms with van der Waals surface area (Å²) in [6.45, 7) is 1.42. The lowest BCUT2D eigenvalue weighted by atomic mass is 10.2. The molecular formula is C16H16Cl2N2O5S. The van der Waals surface area contributed by atoms with Crippen LogP contribution in [0.1, 0.15) is 11.1 Å². The predicted octanol–water partition coefficient (Wildman–Crippen LogP) is 4.04. The van der Waals surface area contributed by atoms with E-state index in [1.54, 1.807) is 18.2 Å². The lowest BCUT2D eigenvalue weighted by molar-refractivity contribution is -0.385. The number of nitro benzene ring substituents is 1. The highest BCUT2D eigenvalue weighted by Crippen LogP contribution is 2.32. The Morgan fingerprint density at radius 3 is 2.46 bits per heavy atom. The van der Waals surface area contributed by atoms with E-state index in [1.807, 2.05) is 0 Å². The van der Waals surface area contributed by atoms with Gasteiger partial charge in [-0.3, -0.25) is 10.1 Å². The zero-order chi connectivity index (χ0) is 19.6. The van der Waals surface area contributed by atoms with Gasteiger partial charge in [-0.1, -0.05) is 23.2 Å². The van der Waals surface area contributed by atoms with Crippen molar-refractivity contribution in [2.75, 3.05) is 14.2 Å². The van der Waals surface area contributed by atoms with Gasteiger partial charge in [-0.2, -0.15) is 4.31 Å². The quantitative estimate of drug-likeness (QED) is 0.521. The Balaban J connectivity index is 2.45. The van der Waals surface area contributed by atoms with Crippen molar-refractivity contribution in [1.29, 1.82) is 0 Å². The molecule has 0 saturated heterocycles. The Morgan fingerprint density at radius 1 is 1.23 bits per heavy atom. The van der Waals surface area contributed by atoms with E-state index >= 15 is 0 Å². The second-order valence-electron chi connectivity index (χ2n) is 5.52. The summed E-state index contributed by atoms with van der Waals surface area (Å²) >= 11 is 11.9. The molecule has 140 valence electrons. The third-order valence-corrected chi connectivity index (χ3v) is 6.24. The molecule has 0 atom stereocenters. The monoisotopic (exact) mass is 418 g/mol. The molecule has 0 N–H and O–H groups in total. The van der Waals surface area contributed by atoms with Gasteiger partial charge in [0.2, 0.25) is 10.0 Å². The first-order valence-electron chi connectivity index (χ1n) is 7.31. The van der Waals surface area contributed by atoms with Gasteiger partial charge >= 0.3 is 0 Å². The normalized spacial score (nSPS) is 11.6. The van der Waals surface area contributed by atoms with Gasteiger partial charge < -0.3 is 4.74 Å². The standard InChI is InChI=1S/C16H16Cl2N2O5S/c1-10-14(18)7-13(8-15(10)20(21)22)26(23,24)19(2)9-11-6-12(17)4-5-16(11)25-3/h4-8H,9H2,1-3H3. The molecule has 0 heterocycles. The minimum absolute atomic E-state index is 0.00603. The summed E-state index contributed by atoms with van der Waals surface area (Å²) in [5.74, 6) is 0.476. The SMILES string of the molecule is COc1ccc(Cl)cc1CN(C)S(=O)(=O)c1cc(Cl)c(C)c([N+](=O)[O-])c1. The van der Waals surface area contributed by atoms with Crippen molar-refractivity contribution in [2.24, 2.45) is 0 Å². The van der Waals surface area contributed by atoms with E-state index in [4.69, 9.17) is 27.9 Å². The number of benzene rings is 2. The maximum atomic E-state index is 12.8. The Hall–Kier alpha value is -1.87. The third-order valence-electron chi connectivity index (χ3n) is 3.83. The van der Waals surface area contributed by atoms with Crippen LogP contribution in [0, 0.1) is 17.0 Å². The molecule has 0 radical (unpaired) electrons. The minimum atomic E-state index is -4.02. The first-order valence-corrected chi connectivity index (χ1v) is 9.50. The van der Waals surface area contributed by atoms with Crippen molar-refractivity contribution in [3.8, 4) is 5.75 Å². The molecule has 0 bridgehead atoms. The van der Waals surface area contributed by atoms with Crippen molar-refractivity contribution in [3.63, 3.8) is 0 Å². The van der Waals surface area contributed by atoms with E-state index in [0.717, 1.165) is 10.4 Å². The second kappa shape index (κ2) is 7.79. The predicted molar refractivity (Wildman–Crippen MR) is 99.5 cm³/mol. The summed E-state index contributed by atoms with van der Waals surface area (Å²) < 4.78 is 31.9. The van der Waals surface area contributed by atoms with Crippen LogP contribution in [-0.4, -0.2) is 31.8 Å². The van der Waals surface area contributed by atoms with Gasteiger partial charge in [0.25, 0.3) is 5.69 Å². The summed E-state index contributed by atoms with van der Waals surface area (Å²) in [6, 6.07) is 7.05. The first kappa shape index (κ1) is 20.4. The van der Waals surface area contributed by atoms with Gasteiger partial charge in [-0.25, -0.2) is 8.42 Å². The van der Waals surface area contributed by atoms with Crippen LogP contribution in [-0.2, 0) is 16.6 Å². The average molecular weight is 419 g/mol. The van der Waals surface area contributed by atoms with Crippen LogP contribution in [0.2, 0.25) is 10.0 Å². The number of ether oxygens (including phenoxy) is 1. The summed E-state index contributed by atoms with van der Waals surface area (Å²) in [5, 5.41) is 11.6. The van der Waals surface area contributed by atoms with E-state index in [9.17, 15) is 18.5 Å². The number of nitro groups is 1. The fraction of sp³-hybridized carbons (Fsp3) is 0.250. The van der Waals surface area contributed by atoms with E-state index in [-0.39, 0.29) is 27.7 Å². The van der Waals surface area contributed by atoms with Crippen molar-refractivity contribution < 1.29 is 18.1 Å². The largest absolute Gasteiger partial charge is 0.496 e. The van der Waals surface area contributed by atoms with E-state index in [0.29, 0.717) is 16.3 Å². The summed E-state index contributed by atoms with van der Waals surface area (Å²) in [4.78, 5) is 10.2. The molecule has 0 aliphatic carbocycles. The number of sulfonamides is 1. The molecule has 26 heavy (non-hydrogen) atoms. The molecule has 0 amide bonds. The molecule has 7 nitrogen and oxygen atoms in total. The van der Waals surface area contributed by atoms with Gasteiger partial charge in [-0.05, 0) is 31.2 Å². The van der Waals surface area contributed by atoms with Gasteiger partial charge in [0.1, 0.15) is 5.75 Å². The number of rotatable bonds is 6. The van der Waals surface area contributed by atoms with Crippen LogP contribution in [0.15, 0.2) is 35.2 Å². The first-order chi connectivity index (χ1) is 12.1. The molecule has 0 spiro atoms. The number of hydrogen-bond acceptors (Lipinski definition) is 5. The van der Waals surface area contributed by atoms with Crippen LogP contribution >= 0.6 is 23.2 Å². The van der Waals surface area contributed by atoms with Gasteiger partial charge in [0, 0.05) is 35.8 Å². The topological polar surface area (TPSA) is 89.8 Å². The molecule has 0 aliphatic rings. The van der Waals surface area contributed by atoms with Crippen molar-refractivity contribution in [2.45, 2.75) is 18.4 Å². The summed E-state index contributed by atoms with van der Waals surface area (Å²) in [7, 11) is -1.21. The molecule has 2 aromatic carbocycles. The van der Waals surface area contributed by atoms with Crippen LogP contribution in [0.5, 0.6) is 5.75 Å². The van der Waals surface area contributed by atoms with Crippen molar-refractivity contribution in [3.05, 3.63) is 61.6 Å². The second-order valence-corrected chi connectivity index (χ2v) is 8.41.